The van der Waals surface area contributed by atoms with E-state index < -0.39 is 31.6 Å². The van der Waals surface area contributed by atoms with Crippen LogP contribution < -0.4 is 14.7 Å². The smallest absolute Gasteiger partial charge is 0.264 e. The predicted octanol–water partition coefficient (Wildman–Crippen LogP) is 6.98. The van der Waals surface area contributed by atoms with Crippen LogP contribution in [0.2, 0.25) is 18.6 Å². The predicted molar refractivity (Wildman–Crippen MR) is 183 cm³/mol. The van der Waals surface area contributed by atoms with Crippen LogP contribution in [-0.2, 0) is 31.3 Å². The van der Waals surface area contributed by atoms with Gasteiger partial charge in [0.2, 0.25) is 21.2 Å². The highest BCUT2D eigenvalue weighted by molar-refractivity contribution is 6.72. The van der Waals surface area contributed by atoms with Gasteiger partial charge in [-0.2, -0.15) is 0 Å². The Morgan fingerprint density at radius 2 is 1.38 bits per heavy atom. The fourth-order valence-electron chi connectivity index (χ4n) is 7.40. The van der Waals surface area contributed by atoms with Crippen molar-refractivity contribution in [2.24, 2.45) is 5.92 Å². The molecular weight excluding hydrogens is 614 g/mol. The first-order chi connectivity index (χ1) is 22.6. The summed E-state index contributed by atoms with van der Waals surface area (Å²) in [6.07, 6.45) is 1.05. The summed E-state index contributed by atoms with van der Waals surface area (Å²) >= 11 is 0. The van der Waals surface area contributed by atoms with E-state index in [1.807, 2.05) is 97.9 Å². The summed E-state index contributed by atoms with van der Waals surface area (Å²) in [4.78, 5) is 43.8. The Morgan fingerprint density at radius 1 is 0.851 bits per heavy atom. The van der Waals surface area contributed by atoms with Crippen molar-refractivity contribution in [3.05, 3.63) is 114 Å². The molecule has 0 aliphatic carbocycles. The van der Waals surface area contributed by atoms with Crippen LogP contribution in [0.25, 0.3) is 0 Å². The average molecular weight is 652 g/mol. The first kappa shape index (κ1) is 32.3. The quantitative estimate of drug-likeness (QED) is 0.107. The molecule has 4 aromatic carbocycles. The van der Waals surface area contributed by atoms with E-state index >= 15 is 4.11 Å². The number of rotatable bonds is 11. The number of aliphatic hydroxyl groups excluding tert-OH is 1. The van der Waals surface area contributed by atoms with Gasteiger partial charge in [-0.1, -0.05) is 55.5 Å². The van der Waals surface area contributed by atoms with E-state index in [1.54, 1.807) is 35.0 Å². The van der Waals surface area contributed by atoms with Gasteiger partial charge in [0.15, 0.2) is 5.60 Å². The van der Waals surface area contributed by atoms with Crippen LogP contribution in [0.4, 0.5) is 32.5 Å². The molecule has 1 saturated heterocycles. The van der Waals surface area contributed by atoms with Gasteiger partial charge < -0.3 is 18.9 Å². The summed E-state index contributed by atoms with van der Waals surface area (Å²) in [5, 5.41) is 9.91. The average Bonchev–Trinajstić information content (AvgIpc) is 3.50. The molecule has 2 heterocycles. The van der Waals surface area contributed by atoms with E-state index in [0.29, 0.717) is 28.3 Å². The lowest BCUT2D eigenvalue weighted by molar-refractivity contribution is -0.146. The molecule has 4 aromatic rings. The summed E-state index contributed by atoms with van der Waals surface area (Å²) in [6, 6.07) is 31.3. The van der Waals surface area contributed by atoms with Crippen LogP contribution in [0.3, 0.4) is 0 Å². The second-order valence-corrected chi connectivity index (χ2v) is 16.5. The number of carbonyl (C=O) groups is 3. The van der Waals surface area contributed by atoms with Crippen molar-refractivity contribution >= 4 is 55.6 Å². The highest BCUT2D eigenvalue weighted by Crippen LogP contribution is 2.60. The highest BCUT2D eigenvalue weighted by atomic mass is 28.4. The fraction of sp³-hybridized carbons (Fsp3) is 0.270. The number of benzene rings is 4. The van der Waals surface area contributed by atoms with E-state index in [2.05, 4.69) is 0 Å². The molecule has 0 aromatic heterocycles. The number of nitrogens with zero attached hydrogens (tertiary/aromatic N) is 3. The molecule has 1 spiro atoms. The van der Waals surface area contributed by atoms with Gasteiger partial charge in [-0.3, -0.25) is 24.2 Å². The molecule has 10 heteroatoms. The topological polar surface area (TPSA) is 90.4 Å². The minimum atomic E-state index is -3.38. The van der Waals surface area contributed by atoms with Gasteiger partial charge in [0.05, 0.1) is 18.3 Å². The van der Waals surface area contributed by atoms with Gasteiger partial charge in [-0.25, -0.2) is 0 Å². The molecule has 4 atom stereocenters. The number of halogens is 1. The number of hydrogen-bond acceptors (Lipinski definition) is 5. The van der Waals surface area contributed by atoms with Crippen LogP contribution in [0.1, 0.15) is 24.5 Å². The second-order valence-electron chi connectivity index (χ2n) is 12.7. The third-order valence-corrected chi connectivity index (χ3v) is 11.9. The first-order valence-corrected chi connectivity index (χ1v) is 18.7. The lowest BCUT2D eigenvalue weighted by atomic mass is 9.82. The maximum Gasteiger partial charge on any atom is 0.264 e. The van der Waals surface area contributed by atoms with Crippen molar-refractivity contribution in [1.29, 1.82) is 0 Å². The third kappa shape index (κ3) is 5.66. The lowest BCUT2D eigenvalue weighted by Crippen LogP contribution is -2.45. The zero-order chi connectivity index (χ0) is 33.3. The van der Waals surface area contributed by atoms with Crippen LogP contribution in [0.15, 0.2) is 103 Å². The molecule has 242 valence electrons. The van der Waals surface area contributed by atoms with Crippen molar-refractivity contribution in [2.75, 3.05) is 21.3 Å². The molecule has 2 aliphatic heterocycles. The molecule has 0 saturated carbocycles. The number of ether oxygens (including phenoxy) is 1. The Balaban J connectivity index is 1.42. The molecule has 1 fully saturated rings. The monoisotopic (exact) mass is 651 g/mol. The molecule has 47 heavy (non-hydrogen) atoms. The largest absolute Gasteiger partial charge is 0.396 e. The number of fused-ring (bicyclic) bond motifs is 2. The van der Waals surface area contributed by atoms with Crippen LogP contribution in [0, 0.1) is 5.92 Å². The van der Waals surface area contributed by atoms with Crippen molar-refractivity contribution in [1.82, 2.24) is 0 Å². The van der Waals surface area contributed by atoms with Crippen LogP contribution in [-0.4, -0.2) is 45.0 Å². The van der Waals surface area contributed by atoms with Crippen molar-refractivity contribution in [2.45, 2.75) is 50.2 Å². The van der Waals surface area contributed by atoms with Gasteiger partial charge in [0.1, 0.15) is 0 Å². The summed E-state index contributed by atoms with van der Waals surface area (Å²) in [5.41, 5.74) is 2.59. The number of carbonyl (C=O) groups excluding carboxylic acids is 3. The van der Waals surface area contributed by atoms with Gasteiger partial charge >= 0.3 is 0 Å². The second kappa shape index (κ2) is 12.9. The van der Waals surface area contributed by atoms with Gasteiger partial charge in [0, 0.05) is 46.4 Å². The Labute approximate surface area is 275 Å². The molecule has 2 aliphatic rings. The molecule has 6 rings (SSSR count). The van der Waals surface area contributed by atoms with Crippen LogP contribution in [0.5, 0.6) is 0 Å². The minimum Gasteiger partial charge on any atom is -0.396 e. The third-order valence-electron chi connectivity index (χ3n) is 9.47. The van der Waals surface area contributed by atoms with Gasteiger partial charge in [0.25, 0.3) is 5.91 Å². The SMILES string of the molecule is C[C@@H]1[C@@H]([Si](C)(C)F)[C@H](CCO)O[C@@]12C(=O)N(Cc1ccc(N(C=O)c3ccccc3)cc1)c1ccc(N(C=O)c3ccccc3)cc12. The number of para-hydroxylation sites is 2. The molecule has 0 unspecified atom stereocenters. The van der Waals surface area contributed by atoms with E-state index in [1.165, 1.54) is 4.90 Å². The number of aliphatic hydroxyl groups is 1. The van der Waals surface area contributed by atoms with E-state index in [0.717, 1.165) is 24.1 Å². The Morgan fingerprint density at radius 3 is 1.91 bits per heavy atom. The first-order valence-electron chi connectivity index (χ1n) is 15.8. The standard InChI is InChI=1S/C37H38FN3O5Si/c1-26-35(47(2,3)38)34(20-21-42)46-37(26)32-22-31(41(25-44)29-12-8-5-9-13-29)18-19-33(32)39(36(37)45)23-27-14-16-30(17-15-27)40(24-43)28-10-6-4-7-11-28/h4-19,22,24-26,34-35,42H,20-21,23H2,1-3H3/t26-,34+,35-,37+/m1/s1. The maximum atomic E-state index is 16.0. The Kier molecular flexibility index (Phi) is 8.84. The molecule has 0 bridgehead atoms. The van der Waals surface area contributed by atoms with E-state index in [-0.39, 0.29) is 25.5 Å². The van der Waals surface area contributed by atoms with E-state index in [9.17, 15) is 19.5 Å². The van der Waals surface area contributed by atoms with Crippen molar-refractivity contribution in [3.63, 3.8) is 0 Å². The van der Waals surface area contributed by atoms with Gasteiger partial charge in [-0.15, -0.1) is 0 Å². The summed E-state index contributed by atoms with van der Waals surface area (Å²) in [6.45, 7) is 5.13. The highest BCUT2D eigenvalue weighted by Gasteiger charge is 2.66. The zero-order valence-corrected chi connectivity index (χ0v) is 27.6. The summed E-state index contributed by atoms with van der Waals surface area (Å²) in [5.74, 6) is -0.839. The van der Waals surface area contributed by atoms with E-state index in [4.69, 9.17) is 4.74 Å². The maximum absolute atomic E-state index is 16.0. The number of hydrogen-bond donors (Lipinski definition) is 1. The molecule has 8 nitrogen and oxygen atoms in total. The molecule has 1 N–H and O–H groups in total. The van der Waals surface area contributed by atoms with Crippen LogP contribution >= 0.6 is 0 Å². The normalized spacial score (nSPS) is 21.9. The fourth-order valence-corrected chi connectivity index (χ4v) is 9.95. The Hall–Kier alpha value is -4.64. The summed E-state index contributed by atoms with van der Waals surface area (Å²) < 4.78 is 22.7. The number of anilines is 5. The minimum absolute atomic E-state index is 0.195. The zero-order valence-electron chi connectivity index (χ0n) is 26.6. The van der Waals surface area contributed by atoms with Crippen molar-refractivity contribution in [3.8, 4) is 0 Å². The Bertz CT molecular complexity index is 1750. The molecule has 3 amide bonds. The number of amides is 3. The van der Waals surface area contributed by atoms with Crippen molar-refractivity contribution < 1.29 is 28.3 Å². The van der Waals surface area contributed by atoms with Gasteiger partial charge in [-0.05, 0) is 79.7 Å². The summed E-state index contributed by atoms with van der Waals surface area (Å²) in [7, 11) is -3.38. The molecule has 0 radical (unpaired) electrons. The molecular formula is C37H38FN3O5Si. The lowest BCUT2D eigenvalue weighted by Gasteiger charge is -2.31.